The largest absolute Gasteiger partial charge is 0.810 e. The minimum Gasteiger partial charge on any atom is -0.810 e. The Hall–Kier alpha value is -0.630. The molecule has 0 saturated heterocycles. The Balaban J connectivity index is 2.00. The predicted molar refractivity (Wildman–Crippen MR) is 59.8 cm³/mol. The van der Waals surface area contributed by atoms with Crippen molar-refractivity contribution in [1.29, 1.82) is 0 Å². The van der Waals surface area contributed by atoms with E-state index in [4.69, 9.17) is 0 Å². The van der Waals surface area contributed by atoms with Crippen molar-refractivity contribution in [1.82, 2.24) is 0 Å². The van der Waals surface area contributed by atoms with E-state index in [0.717, 1.165) is 0 Å². The fraction of sp³-hybridized carbons (Fsp3) is 0.500. The summed E-state index contributed by atoms with van der Waals surface area (Å²) in [5.41, 5.74) is 1.30. The van der Waals surface area contributed by atoms with Gasteiger partial charge in [0.15, 0.2) is 0 Å². The van der Waals surface area contributed by atoms with Gasteiger partial charge in [-0.1, -0.05) is 40.0 Å². The molecule has 0 spiro atoms. The Labute approximate surface area is 97.1 Å². The lowest BCUT2D eigenvalue weighted by Gasteiger charge is -2.29. The van der Waals surface area contributed by atoms with Crippen LogP contribution >= 0.6 is 8.60 Å². The van der Waals surface area contributed by atoms with Gasteiger partial charge in [0, 0.05) is 0 Å². The average Bonchev–Trinajstić information content (AvgIpc) is 2.30. The van der Waals surface area contributed by atoms with Gasteiger partial charge in [0.25, 0.3) is 0 Å². The molecule has 0 heterocycles. The van der Waals surface area contributed by atoms with Crippen molar-refractivity contribution in [2.24, 2.45) is 0 Å². The summed E-state index contributed by atoms with van der Waals surface area (Å²) in [4.78, 5) is 20.7. The number of benzene rings is 1. The van der Waals surface area contributed by atoms with E-state index in [1.54, 1.807) is 12.1 Å². The monoisotopic (exact) mass is 238 g/mol. The molecule has 88 valence electrons. The van der Waals surface area contributed by atoms with E-state index in [0.29, 0.717) is 11.7 Å². The highest BCUT2D eigenvalue weighted by Crippen LogP contribution is 2.33. The number of hydrogen-bond acceptors (Lipinski definition) is 3. The van der Waals surface area contributed by atoms with Gasteiger partial charge in [0.1, 0.15) is 5.75 Å². The van der Waals surface area contributed by atoms with Crippen LogP contribution in [-0.2, 0) is 0 Å². The lowest BCUT2D eigenvalue weighted by atomic mass is 9.84. The molecular formula is C12H15O3P-2. The number of rotatable bonds is 3. The Morgan fingerprint density at radius 1 is 1.00 bits per heavy atom. The van der Waals surface area contributed by atoms with E-state index in [1.807, 2.05) is 12.1 Å². The van der Waals surface area contributed by atoms with Crippen LogP contribution in [0.15, 0.2) is 24.3 Å². The molecule has 0 amide bonds. The maximum absolute atomic E-state index is 10.4. The first-order valence-corrected chi connectivity index (χ1v) is 6.77. The minimum absolute atomic E-state index is 0.399. The van der Waals surface area contributed by atoms with Crippen molar-refractivity contribution < 1.29 is 14.3 Å². The molecule has 0 aliphatic heterocycles. The molecule has 1 aromatic rings. The van der Waals surface area contributed by atoms with E-state index >= 15 is 0 Å². The smallest absolute Gasteiger partial charge is 0.119 e. The molecule has 0 unspecified atom stereocenters. The Morgan fingerprint density at radius 3 is 2.19 bits per heavy atom. The number of hydrogen-bond donors (Lipinski definition) is 0. The zero-order chi connectivity index (χ0) is 11.4. The molecule has 2 rings (SSSR count). The van der Waals surface area contributed by atoms with Crippen molar-refractivity contribution >= 4 is 8.60 Å². The summed E-state index contributed by atoms with van der Waals surface area (Å²) in [5, 5.41) is 0. The molecule has 0 atom stereocenters. The summed E-state index contributed by atoms with van der Waals surface area (Å²) in [6, 6.07) is 7.42. The predicted octanol–water partition coefficient (Wildman–Crippen LogP) is 2.06. The first-order chi connectivity index (χ1) is 7.75. The second-order valence-corrected chi connectivity index (χ2v) is 4.85. The van der Waals surface area contributed by atoms with Crippen LogP contribution in [-0.4, -0.2) is 0 Å². The first-order valence-electron chi connectivity index (χ1n) is 5.68. The molecule has 0 bridgehead atoms. The van der Waals surface area contributed by atoms with Gasteiger partial charge in [-0.05, 0) is 36.5 Å². The SMILES string of the molecule is [O-]P([O-])Oc1ccc(C2CCCCC2)cc1. The molecule has 1 aromatic carbocycles. The summed E-state index contributed by atoms with van der Waals surface area (Å²) >= 11 is 0. The molecule has 1 aliphatic rings. The molecule has 0 radical (unpaired) electrons. The summed E-state index contributed by atoms with van der Waals surface area (Å²) in [5.74, 6) is 1.04. The van der Waals surface area contributed by atoms with Crippen molar-refractivity contribution in [2.75, 3.05) is 0 Å². The Kier molecular flexibility index (Phi) is 4.16. The molecule has 16 heavy (non-hydrogen) atoms. The van der Waals surface area contributed by atoms with Gasteiger partial charge in [-0.25, -0.2) is 0 Å². The summed E-state index contributed by atoms with van der Waals surface area (Å²) < 4.78 is 4.61. The fourth-order valence-corrected chi connectivity index (χ4v) is 2.62. The molecule has 1 fully saturated rings. The summed E-state index contributed by atoms with van der Waals surface area (Å²) in [6.07, 6.45) is 6.44. The lowest BCUT2D eigenvalue weighted by molar-refractivity contribution is -0.310. The zero-order valence-electron chi connectivity index (χ0n) is 9.09. The van der Waals surface area contributed by atoms with Crippen LogP contribution in [0.5, 0.6) is 5.75 Å². The van der Waals surface area contributed by atoms with Crippen molar-refractivity contribution in [2.45, 2.75) is 38.0 Å². The molecule has 1 aliphatic carbocycles. The Morgan fingerprint density at radius 2 is 1.62 bits per heavy atom. The highest BCUT2D eigenvalue weighted by molar-refractivity contribution is 7.36. The second-order valence-electron chi connectivity index (χ2n) is 4.22. The van der Waals surface area contributed by atoms with Gasteiger partial charge in [0.2, 0.25) is 0 Å². The van der Waals surface area contributed by atoms with E-state index in [1.165, 1.54) is 37.7 Å². The van der Waals surface area contributed by atoms with Crippen molar-refractivity contribution in [3.8, 4) is 5.75 Å². The van der Waals surface area contributed by atoms with Crippen LogP contribution < -0.4 is 14.3 Å². The third-order valence-corrected chi connectivity index (χ3v) is 3.50. The van der Waals surface area contributed by atoms with Crippen LogP contribution in [0.4, 0.5) is 0 Å². The molecular weight excluding hydrogens is 223 g/mol. The van der Waals surface area contributed by atoms with E-state index < -0.39 is 8.60 Å². The van der Waals surface area contributed by atoms with Gasteiger partial charge < -0.3 is 14.3 Å². The average molecular weight is 238 g/mol. The van der Waals surface area contributed by atoms with E-state index in [9.17, 15) is 9.79 Å². The van der Waals surface area contributed by atoms with E-state index in [-0.39, 0.29) is 0 Å². The maximum atomic E-state index is 10.4. The topological polar surface area (TPSA) is 55.3 Å². The van der Waals surface area contributed by atoms with Gasteiger partial charge in [-0.15, -0.1) is 0 Å². The van der Waals surface area contributed by atoms with Crippen LogP contribution in [0.25, 0.3) is 0 Å². The van der Waals surface area contributed by atoms with Gasteiger partial charge in [-0.3, -0.25) is 0 Å². The normalized spacial score (nSPS) is 17.7. The highest BCUT2D eigenvalue weighted by Gasteiger charge is 2.14. The fourth-order valence-electron chi connectivity index (χ4n) is 2.32. The van der Waals surface area contributed by atoms with E-state index in [2.05, 4.69) is 4.52 Å². The zero-order valence-corrected chi connectivity index (χ0v) is 9.99. The van der Waals surface area contributed by atoms with Gasteiger partial charge in [0.05, 0.1) is 0 Å². The third kappa shape index (κ3) is 3.18. The molecule has 0 aromatic heterocycles. The second kappa shape index (κ2) is 5.62. The van der Waals surface area contributed by atoms with Crippen LogP contribution in [0.2, 0.25) is 0 Å². The first kappa shape index (κ1) is 11.8. The third-order valence-electron chi connectivity index (χ3n) is 3.14. The van der Waals surface area contributed by atoms with Crippen molar-refractivity contribution in [3.63, 3.8) is 0 Å². The molecule has 0 N–H and O–H groups in total. The van der Waals surface area contributed by atoms with Gasteiger partial charge >= 0.3 is 0 Å². The highest BCUT2D eigenvalue weighted by atomic mass is 31.2. The quantitative estimate of drug-likeness (QED) is 0.757. The van der Waals surface area contributed by atoms with Crippen LogP contribution in [0, 0.1) is 0 Å². The molecule has 4 heteroatoms. The summed E-state index contributed by atoms with van der Waals surface area (Å²) in [6.45, 7) is 0. The maximum Gasteiger partial charge on any atom is 0.119 e. The minimum atomic E-state index is -2.80. The molecule has 1 saturated carbocycles. The Bertz CT molecular complexity index is 318. The lowest BCUT2D eigenvalue weighted by Crippen LogP contribution is -2.12. The van der Waals surface area contributed by atoms with Crippen LogP contribution in [0.1, 0.15) is 43.6 Å². The van der Waals surface area contributed by atoms with Crippen LogP contribution in [0.3, 0.4) is 0 Å². The summed E-state index contributed by atoms with van der Waals surface area (Å²) in [7, 11) is -2.80. The van der Waals surface area contributed by atoms with Gasteiger partial charge in [-0.2, -0.15) is 0 Å². The molecule has 3 nitrogen and oxygen atoms in total. The standard InChI is InChI=1S/C12H15O3P/c13-16(14)15-12-8-6-11(7-9-12)10-4-2-1-3-5-10/h6-10H,1-5H2/q-2. The van der Waals surface area contributed by atoms with Crippen molar-refractivity contribution in [3.05, 3.63) is 29.8 Å².